The van der Waals surface area contributed by atoms with Crippen LogP contribution >= 0.6 is 0 Å². The molecular weight excluding hydrogens is 196 g/mol. The van der Waals surface area contributed by atoms with Gasteiger partial charge in [0.25, 0.3) is 0 Å². The third-order valence-corrected chi connectivity index (χ3v) is 2.49. The summed E-state index contributed by atoms with van der Waals surface area (Å²) in [5.41, 5.74) is 15.9. The van der Waals surface area contributed by atoms with Gasteiger partial charge in [0.1, 0.15) is 0 Å². The number of nitrogens with two attached hydrogens (primary N) is 2. The largest absolute Gasteiger partial charge is 0.399 e. The van der Waals surface area contributed by atoms with Gasteiger partial charge in [0.15, 0.2) is 0 Å². The van der Waals surface area contributed by atoms with Gasteiger partial charge in [-0.1, -0.05) is 30.8 Å². The summed E-state index contributed by atoms with van der Waals surface area (Å²) in [5.74, 6) is 0. The van der Waals surface area contributed by atoms with Crippen LogP contribution in [0.25, 0.3) is 5.57 Å². The van der Waals surface area contributed by atoms with E-state index in [0.29, 0.717) is 0 Å². The van der Waals surface area contributed by atoms with Crippen LogP contribution < -0.4 is 11.5 Å². The molecule has 2 heteroatoms. The van der Waals surface area contributed by atoms with E-state index in [1.165, 1.54) is 0 Å². The summed E-state index contributed by atoms with van der Waals surface area (Å²) in [4.78, 5) is 0. The first-order valence-electron chi connectivity index (χ1n) is 5.07. The van der Waals surface area contributed by atoms with Crippen molar-refractivity contribution in [1.29, 1.82) is 0 Å². The van der Waals surface area contributed by atoms with Gasteiger partial charge in [0.2, 0.25) is 0 Å². The maximum Gasteiger partial charge on any atom is 0.0320 e. The van der Waals surface area contributed by atoms with E-state index in [0.717, 1.165) is 28.1 Å². The molecule has 2 aromatic carbocycles. The minimum Gasteiger partial charge on any atom is -0.399 e. The molecule has 0 saturated carbocycles. The van der Waals surface area contributed by atoms with Gasteiger partial charge in [0.05, 0.1) is 0 Å². The minimum atomic E-state index is 0.745. The zero-order valence-corrected chi connectivity index (χ0v) is 8.98. The molecule has 0 aliphatic carbocycles. The number of anilines is 2. The Bertz CT molecular complexity index is 513. The van der Waals surface area contributed by atoms with Crippen LogP contribution in [0.5, 0.6) is 0 Å². The maximum atomic E-state index is 5.74. The molecule has 0 atom stereocenters. The van der Waals surface area contributed by atoms with Crippen molar-refractivity contribution in [2.75, 3.05) is 11.5 Å². The summed E-state index contributed by atoms with van der Waals surface area (Å²) >= 11 is 0. The van der Waals surface area contributed by atoms with Crippen molar-refractivity contribution >= 4 is 16.9 Å². The fraction of sp³-hybridized carbons (Fsp3) is 0. The van der Waals surface area contributed by atoms with Gasteiger partial charge >= 0.3 is 0 Å². The molecule has 0 unspecified atom stereocenters. The third-order valence-electron chi connectivity index (χ3n) is 2.49. The Balaban J connectivity index is 2.35. The minimum absolute atomic E-state index is 0.745. The van der Waals surface area contributed by atoms with E-state index in [1.54, 1.807) is 0 Å². The lowest BCUT2D eigenvalue weighted by molar-refractivity contribution is 1.55. The van der Waals surface area contributed by atoms with Gasteiger partial charge in [-0.15, -0.1) is 0 Å². The molecule has 2 rings (SSSR count). The highest BCUT2D eigenvalue weighted by Crippen LogP contribution is 2.23. The number of hydrogen-bond acceptors (Lipinski definition) is 2. The molecule has 0 aliphatic rings. The molecule has 0 heterocycles. The lowest BCUT2D eigenvalue weighted by Gasteiger charge is -2.07. The summed E-state index contributed by atoms with van der Waals surface area (Å²) in [6.07, 6.45) is 0. The summed E-state index contributed by atoms with van der Waals surface area (Å²) in [6, 6.07) is 15.3. The highest BCUT2D eigenvalue weighted by molar-refractivity contribution is 5.79. The molecule has 2 aromatic rings. The second-order valence-electron chi connectivity index (χ2n) is 3.73. The van der Waals surface area contributed by atoms with Gasteiger partial charge in [0, 0.05) is 11.4 Å². The number of rotatable bonds is 2. The molecule has 0 spiro atoms. The Kier molecular flexibility index (Phi) is 2.64. The van der Waals surface area contributed by atoms with Crippen LogP contribution in [0.3, 0.4) is 0 Å². The molecule has 0 amide bonds. The van der Waals surface area contributed by atoms with E-state index in [2.05, 4.69) is 6.58 Å². The zero-order valence-electron chi connectivity index (χ0n) is 8.98. The Morgan fingerprint density at radius 2 is 1.50 bits per heavy atom. The van der Waals surface area contributed by atoms with Crippen molar-refractivity contribution in [2.24, 2.45) is 0 Å². The summed E-state index contributed by atoms with van der Waals surface area (Å²) < 4.78 is 0. The van der Waals surface area contributed by atoms with Crippen LogP contribution in [0.1, 0.15) is 11.1 Å². The molecule has 0 saturated heterocycles. The second kappa shape index (κ2) is 4.11. The number of hydrogen-bond donors (Lipinski definition) is 2. The fourth-order valence-corrected chi connectivity index (χ4v) is 1.58. The van der Waals surface area contributed by atoms with Crippen molar-refractivity contribution < 1.29 is 0 Å². The van der Waals surface area contributed by atoms with Crippen LogP contribution in [0, 0.1) is 0 Å². The van der Waals surface area contributed by atoms with Crippen LogP contribution in [0.4, 0.5) is 11.4 Å². The van der Waals surface area contributed by atoms with Crippen LogP contribution in [-0.4, -0.2) is 0 Å². The quantitative estimate of drug-likeness (QED) is 0.749. The Morgan fingerprint density at radius 3 is 2.12 bits per heavy atom. The smallest absolute Gasteiger partial charge is 0.0320 e. The molecule has 0 radical (unpaired) electrons. The van der Waals surface area contributed by atoms with E-state index >= 15 is 0 Å². The molecule has 0 aromatic heterocycles. The number of benzene rings is 2. The Labute approximate surface area is 95.2 Å². The maximum absolute atomic E-state index is 5.74. The summed E-state index contributed by atoms with van der Waals surface area (Å²) in [6.45, 7) is 4.07. The lowest BCUT2D eigenvalue weighted by atomic mass is 9.99. The second-order valence-corrected chi connectivity index (χ2v) is 3.73. The van der Waals surface area contributed by atoms with Gasteiger partial charge in [-0.25, -0.2) is 0 Å². The van der Waals surface area contributed by atoms with E-state index in [4.69, 9.17) is 11.5 Å². The van der Waals surface area contributed by atoms with Gasteiger partial charge < -0.3 is 11.5 Å². The normalized spacial score (nSPS) is 10.0. The molecule has 0 bridgehead atoms. The summed E-state index contributed by atoms with van der Waals surface area (Å²) in [7, 11) is 0. The predicted octanol–water partition coefficient (Wildman–Crippen LogP) is 2.91. The first-order chi connectivity index (χ1) is 7.66. The molecule has 16 heavy (non-hydrogen) atoms. The van der Waals surface area contributed by atoms with Crippen LogP contribution in [0.2, 0.25) is 0 Å². The molecule has 4 N–H and O–H groups in total. The van der Waals surface area contributed by atoms with Crippen LogP contribution in [-0.2, 0) is 0 Å². The van der Waals surface area contributed by atoms with Gasteiger partial charge in [-0.05, 0) is 41.0 Å². The highest BCUT2D eigenvalue weighted by Gasteiger charge is 2.02. The van der Waals surface area contributed by atoms with Gasteiger partial charge in [-0.2, -0.15) is 0 Å². The van der Waals surface area contributed by atoms with Crippen LogP contribution in [0.15, 0.2) is 55.1 Å². The highest BCUT2D eigenvalue weighted by atomic mass is 14.5. The fourth-order valence-electron chi connectivity index (χ4n) is 1.58. The van der Waals surface area contributed by atoms with E-state index in [1.807, 2.05) is 48.5 Å². The average Bonchev–Trinajstić information content (AvgIpc) is 2.29. The molecule has 80 valence electrons. The first-order valence-corrected chi connectivity index (χ1v) is 5.07. The standard InChI is InChI=1S/C14H14N2/c1-10(11-5-7-13(15)8-6-11)12-3-2-4-14(16)9-12/h2-9H,1,15-16H2. The van der Waals surface area contributed by atoms with Crippen molar-refractivity contribution in [1.82, 2.24) is 0 Å². The molecule has 0 fully saturated rings. The van der Waals surface area contributed by atoms with Gasteiger partial charge in [-0.3, -0.25) is 0 Å². The number of nitrogen functional groups attached to an aromatic ring is 2. The Morgan fingerprint density at radius 1 is 0.812 bits per heavy atom. The summed E-state index contributed by atoms with van der Waals surface area (Å²) in [5, 5.41) is 0. The predicted molar refractivity (Wildman–Crippen MR) is 69.8 cm³/mol. The van der Waals surface area contributed by atoms with Crippen molar-refractivity contribution in [3.8, 4) is 0 Å². The SMILES string of the molecule is C=C(c1ccc(N)cc1)c1cccc(N)c1. The van der Waals surface area contributed by atoms with E-state index in [9.17, 15) is 0 Å². The monoisotopic (exact) mass is 210 g/mol. The van der Waals surface area contributed by atoms with Crippen molar-refractivity contribution in [3.63, 3.8) is 0 Å². The first kappa shape index (κ1) is 10.3. The zero-order chi connectivity index (χ0) is 11.5. The Hall–Kier alpha value is -2.22. The van der Waals surface area contributed by atoms with E-state index < -0.39 is 0 Å². The van der Waals surface area contributed by atoms with E-state index in [-0.39, 0.29) is 0 Å². The molecule has 0 aliphatic heterocycles. The van der Waals surface area contributed by atoms with Crippen molar-refractivity contribution in [2.45, 2.75) is 0 Å². The lowest BCUT2D eigenvalue weighted by Crippen LogP contribution is -1.90. The topological polar surface area (TPSA) is 52.0 Å². The third kappa shape index (κ3) is 2.06. The molecular formula is C14H14N2. The average molecular weight is 210 g/mol. The van der Waals surface area contributed by atoms with Crippen molar-refractivity contribution in [3.05, 3.63) is 66.2 Å². The molecule has 2 nitrogen and oxygen atoms in total.